The zero-order valence-electron chi connectivity index (χ0n) is 43.4. The van der Waals surface area contributed by atoms with Gasteiger partial charge in [-0.25, -0.2) is 0 Å². The normalized spacial score (nSPS) is 12.6. The predicted octanol–water partition coefficient (Wildman–Crippen LogP) is 18.6. The van der Waals surface area contributed by atoms with Crippen LogP contribution in [0.3, 0.4) is 0 Å². The summed E-state index contributed by atoms with van der Waals surface area (Å²) in [5.74, 6) is -0.921. The number of esters is 3. The molecule has 1 unspecified atom stereocenters. The highest BCUT2D eigenvalue weighted by Crippen LogP contribution is 2.14. The summed E-state index contributed by atoms with van der Waals surface area (Å²) in [6, 6.07) is 0. The molecule has 0 aliphatic carbocycles. The van der Waals surface area contributed by atoms with Gasteiger partial charge in [-0.3, -0.25) is 14.4 Å². The summed E-state index contributed by atoms with van der Waals surface area (Å²) in [4.78, 5) is 38.1. The van der Waals surface area contributed by atoms with Crippen molar-refractivity contribution in [2.45, 2.75) is 277 Å². The number of unbranched alkanes of at least 4 members (excludes halogenated alkanes) is 27. The molecule has 0 aliphatic heterocycles. The Balaban J connectivity index is 4.42. The van der Waals surface area contributed by atoms with Gasteiger partial charge in [-0.1, -0.05) is 216 Å². The lowest BCUT2D eigenvalue weighted by Gasteiger charge is -2.18. The highest BCUT2D eigenvalue weighted by atomic mass is 16.6. The lowest BCUT2D eigenvalue weighted by atomic mass is 10.1. The van der Waals surface area contributed by atoms with E-state index in [2.05, 4.69) is 93.7 Å². The van der Waals surface area contributed by atoms with Crippen molar-refractivity contribution in [3.8, 4) is 0 Å². The van der Waals surface area contributed by atoms with Crippen LogP contribution in [0.1, 0.15) is 271 Å². The fraction of sp³-hybridized carbons (Fsp3) is 0.750. The highest BCUT2D eigenvalue weighted by Gasteiger charge is 2.19. The van der Waals surface area contributed by atoms with Gasteiger partial charge in [-0.15, -0.1) is 0 Å². The molecule has 6 heteroatoms. The van der Waals surface area contributed by atoms with Gasteiger partial charge in [-0.05, 0) is 109 Å². The van der Waals surface area contributed by atoms with E-state index in [1.54, 1.807) is 0 Å². The second kappa shape index (κ2) is 54.5. The standard InChI is InChI=1S/C60H104O6/c1-4-7-10-13-16-19-22-25-27-29-31-32-35-38-41-44-47-50-53-59(62)65-56-57(55-64-58(61)52-49-46-43-40-37-34-24-21-18-15-12-9-6-3)66-60(63)54-51-48-45-42-39-36-33-30-28-26-23-20-17-14-11-8-5-2/h8,11,17,20-21,24,26-29,33,36,57H,4-7,9-10,12-16,18-19,22-23,25,30-32,34-35,37-56H2,1-3H3/b11-8-,20-17-,24-21-,28-26-,29-27-,36-33-. The van der Waals surface area contributed by atoms with E-state index in [-0.39, 0.29) is 31.1 Å². The van der Waals surface area contributed by atoms with Gasteiger partial charge in [0, 0.05) is 19.3 Å². The Morgan fingerprint density at radius 1 is 0.318 bits per heavy atom. The number of rotatable bonds is 50. The Morgan fingerprint density at radius 3 is 0.955 bits per heavy atom. The molecule has 0 aromatic rings. The number of hydrogen-bond donors (Lipinski definition) is 0. The van der Waals surface area contributed by atoms with Crippen LogP contribution in [0.4, 0.5) is 0 Å². The first-order valence-corrected chi connectivity index (χ1v) is 27.9. The number of allylic oxidation sites excluding steroid dienone is 12. The molecule has 1 atom stereocenters. The van der Waals surface area contributed by atoms with E-state index in [0.29, 0.717) is 19.3 Å². The van der Waals surface area contributed by atoms with Gasteiger partial charge in [0.25, 0.3) is 0 Å². The summed E-state index contributed by atoms with van der Waals surface area (Å²) in [6.07, 6.45) is 68.9. The summed E-state index contributed by atoms with van der Waals surface area (Å²) in [5.41, 5.74) is 0. The van der Waals surface area contributed by atoms with E-state index in [9.17, 15) is 14.4 Å². The Kier molecular flexibility index (Phi) is 51.9. The lowest BCUT2D eigenvalue weighted by molar-refractivity contribution is -0.167. The zero-order valence-corrected chi connectivity index (χ0v) is 43.4. The van der Waals surface area contributed by atoms with Crippen LogP contribution in [0.15, 0.2) is 72.9 Å². The quantitative estimate of drug-likeness (QED) is 0.0262. The van der Waals surface area contributed by atoms with Gasteiger partial charge >= 0.3 is 17.9 Å². The first-order chi connectivity index (χ1) is 32.5. The topological polar surface area (TPSA) is 78.9 Å². The first-order valence-electron chi connectivity index (χ1n) is 27.9. The molecule has 0 bridgehead atoms. The van der Waals surface area contributed by atoms with E-state index >= 15 is 0 Å². The van der Waals surface area contributed by atoms with E-state index in [4.69, 9.17) is 14.2 Å². The van der Waals surface area contributed by atoms with Crippen LogP contribution in [0.2, 0.25) is 0 Å². The summed E-state index contributed by atoms with van der Waals surface area (Å²) < 4.78 is 16.8. The minimum Gasteiger partial charge on any atom is -0.462 e. The van der Waals surface area contributed by atoms with Crippen LogP contribution >= 0.6 is 0 Å². The molecule has 0 spiro atoms. The fourth-order valence-corrected chi connectivity index (χ4v) is 7.72. The molecule has 0 aromatic carbocycles. The Labute approximate surface area is 408 Å². The molecule has 380 valence electrons. The molecule has 0 amide bonds. The molecule has 0 saturated carbocycles. The summed E-state index contributed by atoms with van der Waals surface area (Å²) >= 11 is 0. The van der Waals surface area contributed by atoms with E-state index in [0.717, 1.165) is 103 Å². The maximum atomic E-state index is 12.8. The number of carbonyl (C=O) groups is 3. The average molecular weight is 921 g/mol. The second-order valence-corrected chi connectivity index (χ2v) is 18.5. The van der Waals surface area contributed by atoms with E-state index in [1.165, 1.54) is 128 Å². The Hall–Kier alpha value is -3.15. The van der Waals surface area contributed by atoms with Gasteiger partial charge in [0.2, 0.25) is 0 Å². The van der Waals surface area contributed by atoms with E-state index in [1.807, 2.05) is 0 Å². The van der Waals surface area contributed by atoms with Crippen LogP contribution in [0.25, 0.3) is 0 Å². The number of carbonyl (C=O) groups excluding carboxylic acids is 3. The van der Waals surface area contributed by atoms with Crippen molar-refractivity contribution >= 4 is 17.9 Å². The number of hydrogen-bond acceptors (Lipinski definition) is 6. The molecule has 0 N–H and O–H groups in total. The van der Waals surface area contributed by atoms with Crippen molar-refractivity contribution in [2.75, 3.05) is 13.2 Å². The minimum atomic E-state index is -0.793. The third-order valence-corrected chi connectivity index (χ3v) is 11.9. The Bertz CT molecular complexity index is 1240. The molecule has 0 saturated heterocycles. The highest BCUT2D eigenvalue weighted by molar-refractivity contribution is 5.71. The monoisotopic (exact) mass is 921 g/mol. The van der Waals surface area contributed by atoms with Gasteiger partial charge < -0.3 is 14.2 Å². The van der Waals surface area contributed by atoms with Crippen molar-refractivity contribution < 1.29 is 28.6 Å². The van der Waals surface area contributed by atoms with Gasteiger partial charge in [0.1, 0.15) is 13.2 Å². The third kappa shape index (κ3) is 51.8. The zero-order chi connectivity index (χ0) is 47.9. The van der Waals surface area contributed by atoms with Crippen molar-refractivity contribution in [3.05, 3.63) is 72.9 Å². The molecule has 0 rings (SSSR count). The molecular weight excluding hydrogens is 817 g/mol. The smallest absolute Gasteiger partial charge is 0.306 e. The van der Waals surface area contributed by atoms with Crippen LogP contribution in [-0.4, -0.2) is 37.2 Å². The fourth-order valence-electron chi connectivity index (χ4n) is 7.72. The van der Waals surface area contributed by atoms with Gasteiger partial charge in [0.15, 0.2) is 6.10 Å². The minimum absolute atomic E-state index is 0.0899. The summed E-state index contributed by atoms with van der Waals surface area (Å²) in [6.45, 7) is 6.49. The molecule has 0 aliphatic rings. The largest absolute Gasteiger partial charge is 0.462 e. The maximum Gasteiger partial charge on any atom is 0.306 e. The maximum absolute atomic E-state index is 12.8. The van der Waals surface area contributed by atoms with Crippen molar-refractivity contribution in [2.24, 2.45) is 0 Å². The number of ether oxygens (including phenoxy) is 3. The molecule has 6 nitrogen and oxygen atoms in total. The SMILES string of the molecule is CC/C=C\C/C=C\C/C=C\C/C=C\CCCCCCC(=O)OC(COC(=O)CCCCCCC/C=C\CCCCCC)COC(=O)CCCCCCCCC/C=C\CCCCCCCCC. The molecule has 0 heterocycles. The van der Waals surface area contributed by atoms with Crippen molar-refractivity contribution in [1.29, 1.82) is 0 Å². The van der Waals surface area contributed by atoms with Crippen LogP contribution in [0.5, 0.6) is 0 Å². The van der Waals surface area contributed by atoms with Gasteiger partial charge in [-0.2, -0.15) is 0 Å². The van der Waals surface area contributed by atoms with Gasteiger partial charge in [0.05, 0.1) is 0 Å². The summed E-state index contributed by atoms with van der Waals surface area (Å²) in [5, 5.41) is 0. The molecule has 0 fully saturated rings. The Morgan fingerprint density at radius 2 is 0.591 bits per heavy atom. The molecule has 0 aromatic heterocycles. The average Bonchev–Trinajstić information content (AvgIpc) is 3.31. The van der Waals surface area contributed by atoms with Crippen molar-refractivity contribution in [3.63, 3.8) is 0 Å². The summed E-state index contributed by atoms with van der Waals surface area (Å²) in [7, 11) is 0. The first kappa shape index (κ1) is 62.8. The van der Waals surface area contributed by atoms with E-state index < -0.39 is 6.10 Å². The molecular formula is C60H104O6. The second-order valence-electron chi connectivity index (χ2n) is 18.5. The van der Waals surface area contributed by atoms with Crippen LogP contribution < -0.4 is 0 Å². The predicted molar refractivity (Wildman–Crippen MR) is 284 cm³/mol. The van der Waals surface area contributed by atoms with Crippen molar-refractivity contribution in [1.82, 2.24) is 0 Å². The molecule has 0 radical (unpaired) electrons. The lowest BCUT2D eigenvalue weighted by Crippen LogP contribution is -2.30. The van der Waals surface area contributed by atoms with Crippen LogP contribution in [-0.2, 0) is 28.6 Å². The van der Waals surface area contributed by atoms with Crippen LogP contribution in [0, 0.1) is 0 Å². The molecule has 66 heavy (non-hydrogen) atoms. The third-order valence-electron chi connectivity index (χ3n) is 11.9.